The first-order valence-electron chi connectivity index (χ1n) is 6.70. The van der Waals surface area contributed by atoms with Crippen LogP contribution in [0.5, 0.6) is 0 Å². The van der Waals surface area contributed by atoms with Crippen molar-refractivity contribution in [3.05, 3.63) is 41.5 Å². The number of allylic oxidation sites excluding steroid dienone is 3. The highest BCUT2D eigenvalue weighted by molar-refractivity contribution is 5.93. The molecule has 0 saturated heterocycles. The van der Waals surface area contributed by atoms with E-state index in [-0.39, 0.29) is 5.91 Å². The molecule has 0 fully saturated rings. The van der Waals surface area contributed by atoms with Crippen molar-refractivity contribution in [2.45, 2.75) is 34.1 Å². The van der Waals surface area contributed by atoms with Gasteiger partial charge in [0.05, 0.1) is 6.33 Å². The summed E-state index contributed by atoms with van der Waals surface area (Å²) >= 11 is 0. The third-order valence-electron chi connectivity index (χ3n) is 2.71. The molecular formula is C15H23N3O. The topological polar surface area (TPSA) is 57.8 Å². The van der Waals surface area contributed by atoms with Gasteiger partial charge >= 0.3 is 0 Å². The van der Waals surface area contributed by atoms with Gasteiger partial charge in [0.15, 0.2) is 0 Å². The summed E-state index contributed by atoms with van der Waals surface area (Å²) in [6.07, 6.45) is 8.80. The SMILES string of the molecule is CCC(/C=C/CNC(=O)c1nc[nH]c1C)=C\C(C)C. The number of carbonyl (C=O) groups excluding carboxylic acids is 1. The summed E-state index contributed by atoms with van der Waals surface area (Å²) in [5, 5.41) is 2.82. The number of carbonyl (C=O) groups is 1. The molecule has 104 valence electrons. The maximum Gasteiger partial charge on any atom is 0.271 e. The van der Waals surface area contributed by atoms with E-state index in [0.717, 1.165) is 12.1 Å². The highest BCUT2D eigenvalue weighted by atomic mass is 16.1. The van der Waals surface area contributed by atoms with Crippen molar-refractivity contribution in [3.8, 4) is 0 Å². The van der Waals surface area contributed by atoms with Crippen LogP contribution in [0.1, 0.15) is 43.4 Å². The van der Waals surface area contributed by atoms with Gasteiger partial charge in [-0.15, -0.1) is 0 Å². The minimum absolute atomic E-state index is 0.144. The molecule has 0 unspecified atom stereocenters. The van der Waals surface area contributed by atoms with Crippen molar-refractivity contribution in [2.75, 3.05) is 6.54 Å². The lowest BCUT2D eigenvalue weighted by Gasteiger charge is -2.02. The summed E-state index contributed by atoms with van der Waals surface area (Å²) in [5.41, 5.74) is 2.54. The number of nitrogens with one attached hydrogen (secondary N) is 2. The first-order chi connectivity index (χ1) is 9.04. The van der Waals surface area contributed by atoms with Crippen molar-refractivity contribution >= 4 is 5.91 Å². The van der Waals surface area contributed by atoms with Gasteiger partial charge in [0.2, 0.25) is 0 Å². The maximum atomic E-state index is 11.8. The fourth-order valence-corrected chi connectivity index (χ4v) is 1.75. The Morgan fingerprint density at radius 3 is 2.79 bits per heavy atom. The Labute approximate surface area is 115 Å². The second-order valence-corrected chi connectivity index (χ2v) is 4.83. The normalized spacial score (nSPS) is 12.4. The van der Waals surface area contributed by atoms with Gasteiger partial charge in [-0.1, -0.05) is 44.6 Å². The summed E-state index contributed by atoms with van der Waals surface area (Å²) in [6.45, 7) is 8.79. The molecule has 4 heteroatoms. The zero-order valence-electron chi connectivity index (χ0n) is 12.2. The third-order valence-corrected chi connectivity index (χ3v) is 2.71. The molecule has 0 spiro atoms. The smallest absolute Gasteiger partial charge is 0.271 e. The molecular weight excluding hydrogens is 238 g/mol. The van der Waals surface area contributed by atoms with E-state index in [1.165, 1.54) is 11.9 Å². The van der Waals surface area contributed by atoms with Crippen molar-refractivity contribution in [2.24, 2.45) is 5.92 Å². The third kappa shape index (κ3) is 5.12. The Bertz CT molecular complexity index is 469. The van der Waals surface area contributed by atoms with E-state index < -0.39 is 0 Å². The minimum atomic E-state index is -0.144. The van der Waals surface area contributed by atoms with Crippen LogP contribution in [0.25, 0.3) is 0 Å². The molecule has 2 N–H and O–H groups in total. The Morgan fingerprint density at radius 1 is 1.53 bits per heavy atom. The van der Waals surface area contributed by atoms with Crippen LogP contribution in [0.4, 0.5) is 0 Å². The van der Waals surface area contributed by atoms with E-state index in [0.29, 0.717) is 18.2 Å². The average molecular weight is 261 g/mol. The maximum absolute atomic E-state index is 11.8. The van der Waals surface area contributed by atoms with E-state index in [1.807, 2.05) is 13.0 Å². The lowest BCUT2D eigenvalue weighted by molar-refractivity contribution is 0.0953. The standard InChI is InChI=1S/C15H23N3O/c1-5-13(9-11(2)3)7-6-8-16-15(19)14-12(4)17-10-18-14/h6-7,9-11H,5,8H2,1-4H3,(H,16,19)(H,17,18)/b7-6+,13-9+. The summed E-state index contributed by atoms with van der Waals surface area (Å²) in [4.78, 5) is 18.6. The summed E-state index contributed by atoms with van der Waals surface area (Å²) in [5.74, 6) is 0.398. The molecule has 4 nitrogen and oxygen atoms in total. The largest absolute Gasteiger partial charge is 0.348 e. The van der Waals surface area contributed by atoms with Gasteiger partial charge in [0.1, 0.15) is 5.69 Å². The van der Waals surface area contributed by atoms with Crippen LogP contribution in [-0.4, -0.2) is 22.4 Å². The van der Waals surface area contributed by atoms with Gasteiger partial charge in [-0.05, 0) is 19.3 Å². The number of aryl methyl sites for hydroxylation is 1. The molecule has 1 aromatic heterocycles. The fraction of sp³-hybridized carbons (Fsp3) is 0.467. The lowest BCUT2D eigenvalue weighted by atomic mass is 10.1. The fourth-order valence-electron chi connectivity index (χ4n) is 1.75. The molecule has 0 saturated carbocycles. The number of aromatic nitrogens is 2. The summed E-state index contributed by atoms with van der Waals surface area (Å²) in [6, 6.07) is 0. The Hall–Kier alpha value is -1.84. The molecule has 0 aliphatic rings. The van der Waals surface area contributed by atoms with Crippen LogP contribution in [-0.2, 0) is 0 Å². The number of aromatic amines is 1. The molecule has 1 amide bonds. The highest BCUT2D eigenvalue weighted by Gasteiger charge is 2.09. The van der Waals surface area contributed by atoms with Gasteiger partial charge < -0.3 is 10.3 Å². The Morgan fingerprint density at radius 2 is 2.26 bits per heavy atom. The quantitative estimate of drug-likeness (QED) is 0.773. The number of rotatable bonds is 6. The lowest BCUT2D eigenvalue weighted by Crippen LogP contribution is -2.24. The molecule has 0 radical (unpaired) electrons. The molecule has 0 aliphatic heterocycles. The molecule has 0 aromatic carbocycles. The van der Waals surface area contributed by atoms with Crippen molar-refractivity contribution < 1.29 is 4.79 Å². The summed E-state index contributed by atoms with van der Waals surface area (Å²) in [7, 11) is 0. The van der Waals surface area contributed by atoms with E-state index in [2.05, 4.69) is 48.2 Å². The number of amides is 1. The molecule has 0 aliphatic carbocycles. The van der Waals surface area contributed by atoms with Gasteiger partial charge in [0.25, 0.3) is 5.91 Å². The second-order valence-electron chi connectivity index (χ2n) is 4.83. The highest BCUT2D eigenvalue weighted by Crippen LogP contribution is 2.07. The number of nitrogens with zero attached hydrogens (tertiary/aromatic N) is 1. The zero-order valence-corrected chi connectivity index (χ0v) is 12.2. The van der Waals surface area contributed by atoms with Crippen molar-refractivity contribution in [1.82, 2.24) is 15.3 Å². The van der Waals surface area contributed by atoms with Gasteiger partial charge in [-0.3, -0.25) is 4.79 Å². The predicted octanol–water partition coefficient (Wildman–Crippen LogP) is 3.00. The van der Waals surface area contributed by atoms with Gasteiger partial charge in [0, 0.05) is 12.2 Å². The second kappa shape index (κ2) is 7.56. The number of hydrogen-bond donors (Lipinski definition) is 2. The monoisotopic (exact) mass is 261 g/mol. The van der Waals surface area contributed by atoms with Crippen molar-refractivity contribution in [3.63, 3.8) is 0 Å². The molecule has 1 heterocycles. The molecule has 0 bridgehead atoms. The summed E-state index contributed by atoms with van der Waals surface area (Å²) < 4.78 is 0. The van der Waals surface area contributed by atoms with Crippen LogP contribution in [0.15, 0.2) is 30.1 Å². The minimum Gasteiger partial charge on any atom is -0.348 e. The molecule has 19 heavy (non-hydrogen) atoms. The predicted molar refractivity (Wildman–Crippen MR) is 78.0 cm³/mol. The number of hydrogen-bond acceptors (Lipinski definition) is 2. The number of imidazole rings is 1. The van der Waals surface area contributed by atoms with Crippen LogP contribution in [0, 0.1) is 12.8 Å². The first kappa shape index (κ1) is 15.2. The first-order valence-corrected chi connectivity index (χ1v) is 6.70. The molecule has 0 atom stereocenters. The van der Waals surface area contributed by atoms with E-state index in [4.69, 9.17) is 0 Å². The number of H-pyrrole nitrogens is 1. The van der Waals surface area contributed by atoms with E-state index in [9.17, 15) is 4.79 Å². The zero-order chi connectivity index (χ0) is 14.3. The van der Waals surface area contributed by atoms with Crippen molar-refractivity contribution in [1.29, 1.82) is 0 Å². The van der Waals surface area contributed by atoms with E-state index >= 15 is 0 Å². The van der Waals surface area contributed by atoms with Gasteiger partial charge in [-0.2, -0.15) is 0 Å². The molecule has 1 rings (SSSR count). The van der Waals surface area contributed by atoms with Crippen LogP contribution < -0.4 is 5.32 Å². The van der Waals surface area contributed by atoms with Crippen LogP contribution in [0.2, 0.25) is 0 Å². The average Bonchev–Trinajstić information content (AvgIpc) is 2.78. The van der Waals surface area contributed by atoms with E-state index in [1.54, 1.807) is 0 Å². The Balaban J connectivity index is 2.46. The Kier molecular flexibility index (Phi) is 6.06. The van der Waals surface area contributed by atoms with Crippen LogP contribution >= 0.6 is 0 Å². The van der Waals surface area contributed by atoms with Crippen LogP contribution in [0.3, 0.4) is 0 Å². The molecule has 1 aromatic rings. The van der Waals surface area contributed by atoms with Gasteiger partial charge in [-0.25, -0.2) is 4.98 Å².